The van der Waals surface area contributed by atoms with Gasteiger partial charge < -0.3 is 15.5 Å². The van der Waals surface area contributed by atoms with E-state index in [-0.39, 0.29) is 10.6 Å². The van der Waals surface area contributed by atoms with Crippen LogP contribution in [0.4, 0.5) is 4.39 Å². The summed E-state index contributed by atoms with van der Waals surface area (Å²) in [6.07, 6.45) is 1.18. The normalized spacial score (nSPS) is 12.1. The standard InChI is InChI=1S/C13H11ClFNO5/c14-8-2-1-3-9(15)7(8)4-5-11(17)16-10(13(20)21)6-12(18)19/h1-5,10H,6H2,(H,16,17)(H,18,19)(H,20,21)/b5-4+/t10-/m1/s1. The van der Waals surface area contributed by atoms with Crippen molar-refractivity contribution >= 4 is 35.5 Å². The number of halogens is 2. The summed E-state index contributed by atoms with van der Waals surface area (Å²) in [7, 11) is 0. The van der Waals surface area contributed by atoms with Gasteiger partial charge in [-0.1, -0.05) is 17.7 Å². The average Bonchev–Trinajstić information content (AvgIpc) is 2.36. The molecule has 0 aromatic heterocycles. The Labute approximate surface area is 123 Å². The largest absolute Gasteiger partial charge is 0.481 e. The number of benzene rings is 1. The van der Waals surface area contributed by atoms with Crippen LogP contribution in [-0.2, 0) is 14.4 Å². The number of carbonyl (C=O) groups excluding carboxylic acids is 1. The molecule has 0 saturated heterocycles. The van der Waals surface area contributed by atoms with Gasteiger partial charge in [0.15, 0.2) is 0 Å². The van der Waals surface area contributed by atoms with Crippen LogP contribution in [-0.4, -0.2) is 34.1 Å². The van der Waals surface area contributed by atoms with E-state index in [1.807, 2.05) is 5.32 Å². The van der Waals surface area contributed by atoms with Crippen molar-refractivity contribution in [2.45, 2.75) is 12.5 Å². The SMILES string of the molecule is O=C(O)C[C@@H](NC(=O)/C=C/c1c(F)cccc1Cl)C(=O)O. The fourth-order valence-electron chi connectivity index (χ4n) is 1.42. The van der Waals surface area contributed by atoms with Gasteiger partial charge in [0.25, 0.3) is 0 Å². The molecule has 1 aromatic rings. The lowest BCUT2D eigenvalue weighted by Gasteiger charge is -2.10. The minimum absolute atomic E-state index is 0.0283. The Morgan fingerprint density at radius 3 is 2.52 bits per heavy atom. The Bertz CT molecular complexity index is 582. The van der Waals surface area contributed by atoms with E-state index in [1.54, 1.807) is 0 Å². The van der Waals surface area contributed by atoms with Crippen molar-refractivity contribution in [3.63, 3.8) is 0 Å². The van der Waals surface area contributed by atoms with Crippen LogP contribution in [0.5, 0.6) is 0 Å². The van der Waals surface area contributed by atoms with Crippen LogP contribution in [0.15, 0.2) is 24.3 Å². The molecule has 0 saturated carbocycles. The van der Waals surface area contributed by atoms with E-state index in [1.165, 1.54) is 12.1 Å². The van der Waals surface area contributed by atoms with Crippen LogP contribution in [0.25, 0.3) is 6.08 Å². The topological polar surface area (TPSA) is 104 Å². The highest BCUT2D eigenvalue weighted by atomic mass is 35.5. The number of nitrogens with one attached hydrogen (secondary N) is 1. The summed E-state index contributed by atoms with van der Waals surface area (Å²) < 4.78 is 13.4. The molecule has 0 fully saturated rings. The Morgan fingerprint density at radius 2 is 2.00 bits per heavy atom. The molecule has 0 aliphatic carbocycles. The van der Waals surface area contributed by atoms with E-state index in [2.05, 4.69) is 0 Å². The second kappa shape index (κ2) is 7.39. The molecule has 0 bridgehead atoms. The minimum atomic E-state index is -1.57. The third-order valence-corrected chi connectivity index (χ3v) is 2.72. The monoisotopic (exact) mass is 315 g/mol. The fourth-order valence-corrected chi connectivity index (χ4v) is 1.65. The molecule has 3 N–H and O–H groups in total. The second-order valence-corrected chi connectivity index (χ2v) is 4.37. The van der Waals surface area contributed by atoms with Crippen LogP contribution in [0.2, 0.25) is 5.02 Å². The molecule has 1 atom stereocenters. The summed E-state index contributed by atoms with van der Waals surface area (Å²) in [4.78, 5) is 32.7. The minimum Gasteiger partial charge on any atom is -0.481 e. The maximum atomic E-state index is 13.4. The summed E-state index contributed by atoms with van der Waals surface area (Å²) in [6.45, 7) is 0. The van der Waals surface area contributed by atoms with Crippen molar-refractivity contribution in [3.05, 3.63) is 40.7 Å². The molecule has 1 rings (SSSR count). The van der Waals surface area contributed by atoms with Crippen LogP contribution in [0, 0.1) is 5.82 Å². The molecule has 112 valence electrons. The van der Waals surface area contributed by atoms with Gasteiger partial charge in [-0.05, 0) is 18.2 Å². The fraction of sp³-hybridized carbons (Fsp3) is 0.154. The Kier molecular flexibility index (Phi) is 5.86. The number of carboxylic acids is 2. The van der Waals surface area contributed by atoms with Crippen molar-refractivity contribution in [2.75, 3.05) is 0 Å². The second-order valence-electron chi connectivity index (χ2n) is 3.97. The number of aliphatic carboxylic acids is 2. The van der Waals surface area contributed by atoms with Gasteiger partial charge in [-0.2, -0.15) is 0 Å². The van der Waals surface area contributed by atoms with Crippen molar-refractivity contribution in [3.8, 4) is 0 Å². The molecule has 0 aliphatic heterocycles. The Morgan fingerprint density at radius 1 is 1.33 bits per heavy atom. The molecule has 1 amide bonds. The van der Waals surface area contributed by atoms with Gasteiger partial charge in [-0.25, -0.2) is 9.18 Å². The van der Waals surface area contributed by atoms with Crippen molar-refractivity contribution < 1.29 is 29.0 Å². The highest BCUT2D eigenvalue weighted by Gasteiger charge is 2.22. The zero-order chi connectivity index (χ0) is 16.0. The number of hydrogen-bond acceptors (Lipinski definition) is 3. The number of carbonyl (C=O) groups is 3. The van der Waals surface area contributed by atoms with Crippen LogP contribution < -0.4 is 5.32 Å². The third kappa shape index (κ3) is 5.23. The van der Waals surface area contributed by atoms with Gasteiger partial charge in [0.2, 0.25) is 5.91 Å². The lowest BCUT2D eigenvalue weighted by molar-refractivity contribution is -0.146. The van der Waals surface area contributed by atoms with Gasteiger partial charge in [-0.15, -0.1) is 0 Å². The maximum Gasteiger partial charge on any atom is 0.326 e. The summed E-state index contributed by atoms with van der Waals surface area (Å²) in [5.74, 6) is -4.37. The van der Waals surface area contributed by atoms with E-state index in [9.17, 15) is 18.8 Å². The van der Waals surface area contributed by atoms with Gasteiger partial charge in [0.1, 0.15) is 11.9 Å². The zero-order valence-electron chi connectivity index (χ0n) is 10.5. The van der Waals surface area contributed by atoms with Gasteiger partial charge in [-0.3, -0.25) is 9.59 Å². The molecule has 8 heteroatoms. The smallest absolute Gasteiger partial charge is 0.326 e. The van der Waals surface area contributed by atoms with Gasteiger partial charge in [0, 0.05) is 11.6 Å². The molecule has 0 aliphatic rings. The van der Waals surface area contributed by atoms with Crippen molar-refractivity contribution in [1.82, 2.24) is 5.32 Å². The summed E-state index contributed by atoms with van der Waals surface area (Å²) in [5.41, 5.74) is -0.0283. The average molecular weight is 316 g/mol. The quantitative estimate of drug-likeness (QED) is 0.691. The van der Waals surface area contributed by atoms with E-state index < -0.39 is 36.1 Å². The van der Waals surface area contributed by atoms with E-state index >= 15 is 0 Å². The van der Waals surface area contributed by atoms with Gasteiger partial charge >= 0.3 is 11.9 Å². The zero-order valence-corrected chi connectivity index (χ0v) is 11.3. The van der Waals surface area contributed by atoms with Crippen LogP contribution in [0.1, 0.15) is 12.0 Å². The third-order valence-electron chi connectivity index (χ3n) is 2.39. The Hall–Kier alpha value is -2.41. The van der Waals surface area contributed by atoms with Crippen molar-refractivity contribution in [1.29, 1.82) is 0 Å². The van der Waals surface area contributed by atoms with Gasteiger partial charge in [0.05, 0.1) is 11.4 Å². The van der Waals surface area contributed by atoms with E-state index in [0.29, 0.717) is 0 Å². The summed E-state index contributed by atoms with van der Waals surface area (Å²) >= 11 is 5.74. The number of amides is 1. The first kappa shape index (κ1) is 16.6. The molecular formula is C13H11ClFNO5. The molecular weight excluding hydrogens is 305 g/mol. The first-order valence-corrected chi connectivity index (χ1v) is 6.06. The lowest BCUT2D eigenvalue weighted by Crippen LogP contribution is -2.41. The molecule has 0 spiro atoms. The number of rotatable bonds is 6. The molecule has 0 radical (unpaired) electrons. The highest BCUT2D eigenvalue weighted by Crippen LogP contribution is 2.20. The first-order chi connectivity index (χ1) is 9.81. The predicted octanol–water partition coefficient (Wildman–Crippen LogP) is 1.54. The van der Waals surface area contributed by atoms with Crippen LogP contribution >= 0.6 is 11.6 Å². The highest BCUT2D eigenvalue weighted by molar-refractivity contribution is 6.32. The van der Waals surface area contributed by atoms with E-state index in [4.69, 9.17) is 21.8 Å². The summed E-state index contributed by atoms with van der Waals surface area (Å²) in [6, 6.07) is 2.39. The predicted molar refractivity (Wildman–Crippen MR) is 72.3 cm³/mol. The maximum absolute atomic E-state index is 13.4. The molecule has 1 aromatic carbocycles. The molecule has 0 unspecified atom stereocenters. The van der Waals surface area contributed by atoms with Crippen LogP contribution in [0.3, 0.4) is 0 Å². The lowest BCUT2D eigenvalue weighted by atomic mass is 10.2. The number of carboxylic acid groups (broad SMARTS) is 2. The Balaban J connectivity index is 2.78. The van der Waals surface area contributed by atoms with E-state index in [0.717, 1.165) is 18.2 Å². The first-order valence-electron chi connectivity index (χ1n) is 5.68. The summed E-state index contributed by atoms with van der Waals surface area (Å²) in [5, 5.41) is 19.4. The van der Waals surface area contributed by atoms with Crippen molar-refractivity contribution in [2.24, 2.45) is 0 Å². The number of hydrogen-bond donors (Lipinski definition) is 3. The molecule has 0 heterocycles. The molecule has 21 heavy (non-hydrogen) atoms. The molecule has 6 nitrogen and oxygen atoms in total.